The Morgan fingerprint density at radius 2 is 1.93 bits per heavy atom. The Morgan fingerprint density at radius 1 is 1.17 bits per heavy atom. The number of phenols is 1. The molecule has 0 unspecified atom stereocenters. The molecular weight excluding hydrogens is 390 g/mol. The first-order valence-electron chi connectivity index (χ1n) is 9.10. The molecule has 0 saturated heterocycles. The Kier molecular flexibility index (Phi) is 4.94. The standard InChI is InChI=1S/C22H18ClN3O3/c1-3-29-22(28)19-12-18(14-7-9-17(27)10-8-14)20-13(2)25-26(21(20)24-19)16-6-4-5-15(23)11-16/h4-12,27H,3H2,1-2H3. The van der Waals surface area contributed by atoms with Gasteiger partial charge in [0.15, 0.2) is 11.3 Å². The van der Waals surface area contributed by atoms with Crippen molar-refractivity contribution in [1.29, 1.82) is 0 Å². The maximum atomic E-state index is 12.5. The lowest BCUT2D eigenvalue weighted by Gasteiger charge is -2.09. The summed E-state index contributed by atoms with van der Waals surface area (Å²) in [6.07, 6.45) is 0. The first-order valence-corrected chi connectivity index (χ1v) is 9.48. The van der Waals surface area contributed by atoms with E-state index < -0.39 is 5.97 Å². The van der Waals surface area contributed by atoms with Gasteiger partial charge in [0.1, 0.15) is 5.75 Å². The number of pyridine rings is 1. The molecule has 2 aromatic carbocycles. The average molecular weight is 408 g/mol. The molecule has 29 heavy (non-hydrogen) atoms. The zero-order valence-electron chi connectivity index (χ0n) is 15.9. The van der Waals surface area contributed by atoms with Crippen LogP contribution in [0.4, 0.5) is 0 Å². The first-order chi connectivity index (χ1) is 14.0. The van der Waals surface area contributed by atoms with Crippen molar-refractivity contribution in [3.05, 3.63) is 71.0 Å². The van der Waals surface area contributed by atoms with Crippen molar-refractivity contribution < 1.29 is 14.6 Å². The third kappa shape index (κ3) is 3.54. The highest BCUT2D eigenvalue weighted by Gasteiger charge is 2.20. The molecule has 0 aliphatic rings. The van der Waals surface area contributed by atoms with Crippen molar-refractivity contribution in [2.45, 2.75) is 13.8 Å². The molecule has 2 heterocycles. The van der Waals surface area contributed by atoms with Crippen molar-refractivity contribution in [3.8, 4) is 22.6 Å². The van der Waals surface area contributed by atoms with E-state index >= 15 is 0 Å². The Morgan fingerprint density at radius 3 is 2.62 bits per heavy atom. The van der Waals surface area contributed by atoms with E-state index in [9.17, 15) is 9.90 Å². The number of phenolic OH excluding ortho intramolecular Hbond substituents is 1. The number of esters is 1. The molecule has 0 atom stereocenters. The smallest absolute Gasteiger partial charge is 0.357 e. The van der Waals surface area contributed by atoms with E-state index in [1.165, 1.54) is 0 Å². The lowest BCUT2D eigenvalue weighted by atomic mass is 10.0. The molecule has 0 radical (unpaired) electrons. The molecule has 0 amide bonds. The number of hydrogen-bond acceptors (Lipinski definition) is 5. The summed E-state index contributed by atoms with van der Waals surface area (Å²) in [5, 5.41) is 15.7. The van der Waals surface area contributed by atoms with Gasteiger partial charge in [-0.05, 0) is 61.4 Å². The van der Waals surface area contributed by atoms with Crippen LogP contribution in [-0.2, 0) is 4.74 Å². The van der Waals surface area contributed by atoms with Crippen LogP contribution >= 0.6 is 11.6 Å². The van der Waals surface area contributed by atoms with Gasteiger partial charge in [0.05, 0.1) is 23.4 Å². The Hall–Kier alpha value is -3.38. The zero-order valence-corrected chi connectivity index (χ0v) is 16.6. The Balaban J connectivity index is 2.03. The summed E-state index contributed by atoms with van der Waals surface area (Å²) < 4.78 is 6.84. The predicted molar refractivity (Wildman–Crippen MR) is 112 cm³/mol. The number of aryl methyl sites for hydroxylation is 1. The van der Waals surface area contributed by atoms with Crippen molar-refractivity contribution in [3.63, 3.8) is 0 Å². The molecule has 6 nitrogen and oxygen atoms in total. The van der Waals surface area contributed by atoms with Gasteiger partial charge in [-0.15, -0.1) is 0 Å². The van der Waals surface area contributed by atoms with Gasteiger partial charge < -0.3 is 9.84 Å². The number of fused-ring (bicyclic) bond motifs is 1. The molecule has 2 aromatic heterocycles. The number of benzene rings is 2. The molecule has 0 saturated carbocycles. The van der Waals surface area contributed by atoms with Crippen LogP contribution in [0.15, 0.2) is 54.6 Å². The van der Waals surface area contributed by atoms with Gasteiger partial charge in [-0.25, -0.2) is 14.5 Å². The van der Waals surface area contributed by atoms with Gasteiger partial charge in [-0.3, -0.25) is 0 Å². The van der Waals surface area contributed by atoms with E-state index in [1.54, 1.807) is 54.1 Å². The number of ether oxygens (including phenoxy) is 1. The van der Waals surface area contributed by atoms with Crippen LogP contribution in [0.5, 0.6) is 5.75 Å². The van der Waals surface area contributed by atoms with Gasteiger partial charge >= 0.3 is 5.97 Å². The van der Waals surface area contributed by atoms with E-state index in [1.807, 2.05) is 19.1 Å². The molecule has 7 heteroatoms. The largest absolute Gasteiger partial charge is 0.508 e. The topological polar surface area (TPSA) is 77.2 Å². The third-order valence-corrected chi connectivity index (χ3v) is 4.76. The summed E-state index contributed by atoms with van der Waals surface area (Å²) in [5.74, 6) is -0.345. The van der Waals surface area contributed by atoms with Gasteiger partial charge in [0.2, 0.25) is 0 Å². The van der Waals surface area contributed by atoms with Gasteiger partial charge in [0, 0.05) is 5.02 Å². The molecule has 0 aliphatic heterocycles. The van der Waals surface area contributed by atoms with E-state index in [4.69, 9.17) is 16.3 Å². The Labute approximate surface area is 172 Å². The molecular formula is C22H18ClN3O3. The molecule has 1 N–H and O–H groups in total. The maximum Gasteiger partial charge on any atom is 0.357 e. The number of rotatable bonds is 4. The van der Waals surface area contributed by atoms with Crippen LogP contribution in [0.1, 0.15) is 23.1 Å². The van der Waals surface area contributed by atoms with E-state index in [2.05, 4.69) is 10.1 Å². The van der Waals surface area contributed by atoms with Crippen LogP contribution in [0, 0.1) is 6.92 Å². The van der Waals surface area contributed by atoms with Crippen LogP contribution in [-0.4, -0.2) is 32.4 Å². The third-order valence-electron chi connectivity index (χ3n) is 4.53. The lowest BCUT2D eigenvalue weighted by molar-refractivity contribution is 0.0520. The van der Waals surface area contributed by atoms with Crippen LogP contribution < -0.4 is 0 Å². The Bertz CT molecular complexity index is 1220. The zero-order chi connectivity index (χ0) is 20.5. The monoisotopic (exact) mass is 407 g/mol. The molecule has 4 aromatic rings. The number of carbonyl (C=O) groups is 1. The lowest BCUT2D eigenvalue weighted by Crippen LogP contribution is -2.09. The fraction of sp³-hybridized carbons (Fsp3) is 0.136. The summed E-state index contributed by atoms with van der Waals surface area (Å²) in [6, 6.07) is 15.7. The van der Waals surface area contributed by atoms with Crippen molar-refractivity contribution in [2.24, 2.45) is 0 Å². The second kappa shape index (κ2) is 7.56. The number of halogens is 1. The number of aromatic hydroxyl groups is 1. The van der Waals surface area contributed by atoms with E-state index in [0.717, 1.165) is 27.9 Å². The maximum absolute atomic E-state index is 12.5. The van der Waals surface area contributed by atoms with Crippen LogP contribution in [0.2, 0.25) is 5.02 Å². The van der Waals surface area contributed by atoms with Crippen molar-refractivity contribution >= 4 is 28.6 Å². The van der Waals surface area contributed by atoms with Crippen LogP contribution in [0.25, 0.3) is 27.8 Å². The number of carbonyl (C=O) groups excluding carboxylic acids is 1. The predicted octanol–water partition coefficient (Wildman–Crippen LogP) is 4.93. The number of nitrogens with zero attached hydrogens (tertiary/aromatic N) is 3. The highest BCUT2D eigenvalue weighted by atomic mass is 35.5. The summed E-state index contributed by atoms with van der Waals surface area (Å²) in [5.41, 5.74) is 3.81. The van der Waals surface area contributed by atoms with Gasteiger partial charge in [-0.1, -0.05) is 29.8 Å². The fourth-order valence-corrected chi connectivity index (χ4v) is 3.44. The average Bonchev–Trinajstić information content (AvgIpc) is 3.05. The quantitative estimate of drug-likeness (QED) is 0.485. The summed E-state index contributed by atoms with van der Waals surface area (Å²) in [7, 11) is 0. The minimum absolute atomic E-state index is 0.163. The normalized spacial score (nSPS) is 11.0. The SMILES string of the molecule is CCOC(=O)c1cc(-c2ccc(O)cc2)c2c(C)nn(-c3cccc(Cl)c3)c2n1. The molecule has 4 rings (SSSR count). The second-order valence-electron chi connectivity index (χ2n) is 6.50. The van der Waals surface area contributed by atoms with Crippen molar-refractivity contribution in [1.82, 2.24) is 14.8 Å². The van der Waals surface area contributed by atoms with Gasteiger partial charge in [-0.2, -0.15) is 5.10 Å². The summed E-state index contributed by atoms with van der Waals surface area (Å²) in [6.45, 7) is 3.89. The van der Waals surface area contributed by atoms with Crippen molar-refractivity contribution in [2.75, 3.05) is 6.61 Å². The first kappa shape index (κ1) is 19.0. The molecule has 146 valence electrons. The summed E-state index contributed by atoms with van der Waals surface area (Å²) >= 11 is 6.16. The summed E-state index contributed by atoms with van der Waals surface area (Å²) in [4.78, 5) is 17.0. The molecule has 0 bridgehead atoms. The van der Waals surface area contributed by atoms with Gasteiger partial charge in [0.25, 0.3) is 0 Å². The minimum atomic E-state index is -0.508. The molecule has 0 fully saturated rings. The van der Waals surface area contributed by atoms with E-state index in [-0.39, 0.29) is 18.1 Å². The number of aromatic nitrogens is 3. The molecule has 0 spiro atoms. The highest BCUT2D eigenvalue weighted by Crippen LogP contribution is 2.33. The minimum Gasteiger partial charge on any atom is -0.508 e. The number of hydrogen-bond donors (Lipinski definition) is 1. The van der Waals surface area contributed by atoms with Crippen LogP contribution in [0.3, 0.4) is 0 Å². The fourth-order valence-electron chi connectivity index (χ4n) is 3.26. The highest BCUT2D eigenvalue weighted by molar-refractivity contribution is 6.30. The second-order valence-corrected chi connectivity index (χ2v) is 6.93. The van der Waals surface area contributed by atoms with E-state index in [0.29, 0.717) is 10.7 Å². The molecule has 0 aliphatic carbocycles.